The van der Waals surface area contributed by atoms with Crippen molar-refractivity contribution in [1.82, 2.24) is 0 Å². The summed E-state index contributed by atoms with van der Waals surface area (Å²) < 4.78 is 59.1. The first-order valence-corrected chi connectivity index (χ1v) is 12.6. The van der Waals surface area contributed by atoms with Gasteiger partial charge >= 0.3 is 16.1 Å². The van der Waals surface area contributed by atoms with Gasteiger partial charge in [0.2, 0.25) is 22.7 Å². The largest absolute Gasteiger partial charge is 0.497 e. The molecule has 1 heterocycles. The van der Waals surface area contributed by atoms with Crippen LogP contribution in [0.15, 0.2) is 68.7 Å². The van der Waals surface area contributed by atoms with E-state index in [1.165, 1.54) is 39.5 Å². The van der Waals surface area contributed by atoms with E-state index in [0.717, 1.165) is 12.5 Å². The summed E-state index contributed by atoms with van der Waals surface area (Å²) in [6.07, 6.45) is 0. The van der Waals surface area contributed by atoms with Crippen LogP contribution in [-0.2, 0) is 14.9 Å². The zero-order valence-electron chi connectivity index (χ0n) is 21.2. The molecule has 4 rings (SSSR count). The van der Waals surface area contributed by atoms with E-state index in [0.29, 0.717) is 11.3 Å². The number of aryl methyl sites for hydroxylation is 1. The summed E-state index contributed by atoms with van der Waals surface area (Å²) in [5.41, 5.74) is 0.459. The van der Waals surface area contributed by atoms with Gasteiger partial charge in [-0.05, 0) is 43.3 Å². The predicted molar refractivity (Wildman–Crippen MR) is 138 cm³/mol. The minimum atomic E-state index is -4.49. The summed E-state index contributed by atoms with van der Waals surface area (Å²) in [5.74, 6) is -1.46. The summed E-state index contributed by atoms with van der Waals surface area (Å²) >= 11 is 0. The van der Waals surface area contributed by atoms with Gasteiger partial charge in [-0.3, -0.25) is 9.59 Å². The lowest BCUT2D eigenvalue weighted by atomic mass is 10.1. The molecule has 10 nitrogen and oxygen atoms in total. The van der Waals surface area contributed by atoms with E-state index in [1.807, 2.05) is 0 Å². The number of fused-ring (bicyclic) bond motifs is 1. The Balaban J connectivity index is 2.04. The molecule has 1 aromatic heterocycles. The number of carbonyl (C=O) groups is 1. The standard InChI is InChI=1S/C27H24O10S/c1-15-6-12-19(13-7-15)38(30,31)37-26-22-20(14-21(33-4)25(26)35-16(2)28)36-24(27(34-5)23(22)29)17-8-10-18(32-3)11-9-17/h6-14H,1-5H3. The number of rotatable bonds is 8. The second-order valence-corrected chi connectivity index (χ2v) is 9.62. The van der Waals surface area contributed by atoms with E-state index < -0.39 is 33.0 Å². The van der Waals surface area contributed by atoms with E-state index in [2.05, 4.69) is 0 Å². The van der Waals surface area contributed by atoms with Crippen molar-refractivity contribution in [1.29, 1.82) is 0 Å². The summed E-state index contributed by atoms with van der Waals surface area (Å²) in [6, 6.07) is 13.8. The number of benzene rings is 3. The van der Waals surface area contributed by atoms with Crippen molar-refractivity contribution in [3.8, 4) is 40.1 Å². The SMILES string of the molecule is COc1ccc(-c2oc3cc(OC)c(OC(C)=O)c(OS(=O)(=O)c4ccc(C)cc4)c3c(=O)c2OC)cc1. The number of methoxy groups -OCH3 is 3. The average Bonchev–Trinajstić information content (AvgIpc) is 2.89. The highest BCUT2D eigenvalue weighted by Crippen LogP contribution is 2.46. The minimum absolute atomic E-state index is 0.0716. The molecule has 11 heteroatoms. The Morgan fingerprint density at radius 1 is 0.842 bits per heavy atom. The van der Waals surface area contributed by atoms with Crippen LogP contribution in [0.2, 0.25) is 0 Å². The lowest BCUT2D eigenvalue weighted by Gasteiger charge is -2.17. The average molecular weight is 541 g/mol. The van der Waals surface area contributed by atoms with E-state index in [1.54, 1.807) is 43.3 Å². The van der Waals surface area contributed by atoms with Crippen LogP contribution < -0.4 is 28.6 Å². The molecule has 0 N–H and O–H groups in total. The van der Waals surface area contributed by atoms with Crippen molar-refractivity contribution >= 4 is 27.1 Å². The van der Waals surface area contributed by atoms with E-state index in [-0.39, 0.29) is 33.1 Å². The predicted octanol–water partition coefficient (Wildman–Crippen LogP) is 4.49. The van der Waals surface area contributed by atoms with Crippen molar-refractivity contribution in [2.45, 2.75) is 18.7 Å². The third kappa shape index (κ3) is 5.00. The van der Waals surface area contributed by atoms with Crippen LogP contribution in [0.25, 0.3) is 22.3 Å². The van der Waals surface area contributed by atoms with Gasteiger partial charge < -0.3 is 27.5 Å². The minimum Gasteiger partial charge on any atom is -0.497 e. The van der Waals surface area contributed by atoms with Crippen molar-refractivity contribution < 1.29 is 40.8 Å². The topological polar surface area (TPSA) is 128 Å². The molecule has 0 aliphatic rings. The Morgan fingerprint density at radius 3 is 2.05 bits per heavy atom. The van der Waals surface area contributed by atoms with Crippen LogP contribution in [0.1, 0.15) is 12.5 Å². The van der Waals surface area contributed by atoms with Crippen molar-refractivity contribution in [2.24, 2.45) is 0 Å². The van der Waals surface area contributed by atoms with Gasteiger partial charge in [0.25, 0.3) is 0 Å². The van der Waals surface area contributed by atoms with E-state index >= 15 is 0 Å². The fraction of sp³-hybridized carbons (Fsp3) is 0.185. The van der Waals surface area contributed by atoms with Crippen LogP contribution in [0.4, 0.5) is 0 Å². The molecular formula is C27H24O10S. The summed E-state index contributed by atoms with van der Waals surface area (Å²) in [6.45, 7) is 2.90. The highest BCUT2D eigenvalue weighted by molar-refractivity contribution is 7.87. The van der Waals surface area contributed by atoms with Gasteiger partial charge in [-0.25, -0.2) is 0 Å². The van der Waals surface area contributed by atoms with Crippen LogP contribution in [0, 0.1) is 6.92 Å². The number of carbonyl (C=O) groups excluding carboxylic acids is 1. The first-order chi connectivity index (χ1) is 18.1. The summed E-state index contributed by atoms with van der Waals surface area (Å²) in [5, 5.41) is -0.327. The molecule has 0 aliphatic heterocycles. The molecule has 0 fully saturated rings. The van der Waals surface area contributed by atoms with Gasteiger partial charge in [-0.2, -0.15) is 8.42 Å². The number of ether oxygens (including phenoxy) is 4. The molecule has 0 saturated carbocycles. The van der Waals surface area contributed by atoms with Crippen LogP contribution in [0.5, 0.6) is 28.7 Å². The van der Waals surface area contributed by atoms with E-state index in [4.69, 9.17) is 27.5 Å². The molecule has 0 spiro atoms. The molecule has 0 unspecified atom stereocenters. The molecule has 0 radical (unpaired) electrons. The zero-order valence-corrected chi connectivity index (χ0v) is 22.0. The fourth-order valence-electron chi connectivity index (χ4n) is 3.71. The zero-order chi connectivity index (χ0) is 27.6. The Bertz CT molecular complexity index is 1670. The van der Waals surface area contributed by atoms with Gasteiger partial charge in [0, 0.05) is 18.6 Å². The van der Waals surface area contributed by atoms with Crippen molar-refractivity contribution in [3.63, 3.8) is 0 Å². The molecule has 4 aromatic rings. The molecule has 0 bridgehead atoms. The quantitative estimate of drug-likeness (QED) is 0.179. The number of esters is 1. The second-order valence-electron chi connectivity index (χ2n) is 8.08. The first-order valence-electron chi connectivity index (χ1n) is 11.2. The molecule has 38 heavy (non-hydrogen) atoms. The fourth-order valence-corrected chi connectivity index (χ4v) is 4.66. The Labute approximate surface area is 218 Å². The smallest absolute Gasteiger partial charge is 0.339 e. The highest BCUT2D eigenvalue weighted by atomic mass is 32.2. The maximum absolute atomic E-state index is 13.7. The van der Waals surface area contributed by atoms with Crippen molar-refractivity contribution in [3.05, 3.63) is 70.4 Å². The van der Waals surface area contributed by atoms with Crippen LogP contribution >= 0.6 is 0 Å². The molecule has 0 aliphatic carbocycles. The van der Waals surface area contributed by atoms with Crippen molar-refractivity contribution in [2.75, 3.05) is 21.3 Å². The van der Waals surface area contributed by atoms with Gasteiger partial charge in [0.1, 0.15) is 21.6 Å². The summed E-state index contributed by atoms with van der Waals surface area (Å²) in [7, 11) is -0.429. The van der Waals surface area contributed by atoms with Crippen LogP contribution in [-0.4, -0.2) is 35.7 Å². The summed E-state index contributed by atoms with van der Waals surface area (Å²) in [4.78, 5) is 25.5. The monoisotopic (exact) mass is 540 g/mol. The van der Waals surface area contributed by atoms with E-state index in [9.17, 15) is 18.0 Å². The number of hydrogen-bond acceptors (Lipinski definition) is 10. The molecule has 198 valence electrons. The third-order valence-electron chi connectivity index (χ3n) is 5.54. The maximum atomic E-state index is 13.7. The lowest BCUT2D eigenvalue weighted by Crippen LogP contribution is -2.16. The second kappa shape index (κ2) is 10.5. The highest BCUT2D eigenvalue weighted by Gasteiger charge is 2.30. The Kier molecular flexibility index (Phi) is 7.31. The maximum Gasteiger partial charge on any atom is 0.339 e. The van der Waals surface area contributed by atoms with Gasteiger partial charge in [0.05, 0.1) is 21.3 Å². The Morgan fingerprint density at radius 2 is 1.50 bits per heavy atom. The van der Waals surface area contributed by atoms with Gasteiger partial charge in [-0.15, -0.1) is 0 Å². The molecule has 0 saturated heterocycles. The molecular weight excluding hydrogens is 516 g/mol. The normalized spacial score (nSPS) is 11.2. The molecule has 0 amide bonds. The van der Waals surface area contributed by atoms with Gasteiger partial charge in [0.15, 0.2) is 11.5 Å². The molecule has 3 aromatic carbocycles. The number of hydrogen-bond donors (Lipinski definition) is 0. The van der Waals surface area contributed by atoms with Gasteiger partial charge in [-0.1, -0.05) is 17.7 Å². The third-order valence-corrected chi connectivity index (χ3v) is 6.78. The lowest BCUT2D eigenvalue weighted by molar-refractivity contribution is -0.132. The molecule has 0 atom stereocenters. The Hall–Kier alpha value is -4.51. The first kappa shape index (κ1) is 26.6. The van der Waals surface area contributed by atoms with Crippen LogP contribution in [0.3, 0.4) is 0 Å².